The van der Waals surface area contributed by atoms with Gasteiger partial charge in [0.1, 0.15) is 5.82 Å². The predicted molar refractivity (Wildman–Crippen MR) is 107 cm³/mol. The van der Waals surface area contributed by atoms with Crippen LogP contribution in [0.3, 0.4) is 0 Å². The van der Waals surface area contributed by atoms with Crippen LogP contribution in [-0.2, 0) is 4.74 Å². The van der Waals surface area contributed by atoms with E-state index >= 15 is 0 Å². The number of rotatable bonds is 6. The van der Waals surface area contributed by atoms with Crippen molar-refractivity contribution in [2.45, 2.75) is 63.4 Å². The number of hydrogen-bond donors (Lipinski definition) is 0. The van der Waals surface area contributed by atoms with Gasteiger partial charge in [-0.3, -0.25) is 0 Å². The molecule has 3 rings (SSSR count). The fourth-order valence-corrected chi connectivity index (χ4v) is 4.44. The van der Waals surface area contributed by atoms with Crippen LogP contribution in [0.25, 0.3) is 0 Å². The maximum Gasteiger partial charge on any atom is 0.123 e. The summed E-state index contributed by atoms with van der Waals surface area (Å²) in [4.78, 5) is 0. The molecular formula is C24H30FNO. The lowest BCUT2D eigenvalue weighted by atomic mass is 9.79. The number of hydrogen-bond acceptors (Lipinski definition) is 2. The van der Waals surface area contributed by atoms with Gasteiger partial charge in [-0.2, -0.15) is 5.26 Å². The van der Waals surface area contributed by atoms with E-state index in [-0.39, 0.29) is 5.82 Å². The fraction of sp³-hybridized carbons (Fsp3) is 0.542. The Kier molecular flexibility index (Phi) is 7.66. The predicted octanol–water partition coefficient (Wildman–Crippen LogP) is 6.31. The second-order valence-electron chi connectivity index (χ2n) is 8.01. The van der Waals surface area contributed by atoms with E-state index in [1.807, 2.05) is 30.4 Å². The molecule has 0 bridgehead atoms. The van der Waals surface area contributed by atoms with Gasteiger partial charge in [0.05, 0.1) is 12.2 Å². The molecule has 0 aliphatic heterocycles. The van der Waals surface area contributed by atoms with E-state index < -0.39 is 0 Å². The number of nitriles is 1. The van der Waals surface area contributed by atoms with Gasteiger partial charge in [-0.25, -0.2) is 4.39 Å². The molecule has 2 nitrogen and oxygen atoms in total. The SMILES string of the molecule is N#CC=CC=CC1CCC(OCC2CCC(c3ccc(F)cc3)CC2)CC1. The molecule has 0 spiro atoms. The Morgan fingerprint density at radius 1 is 0.963 bits per heavy atom. The Bertz CT molecular complexity index is 657. The summed E-state index contributed by atoms with van der Waals surface area (Å²) in [6.45, 7) is 0.895. The highest BCUT2D eigenvalue weighted by Crippen LogP contribution is 2.36. The molecule has 144 valence electrons. The molecule has 0 aromatic heterocycles. The van der Waals surface area contributed by atoms with E-state index in [1.54, 1.807) is 12.1 Å². The van der Waals surface area contributed by atoms with Crippen molar-refractivity contribution in [3.8, 4) is 6.07 Å². The molecule has 27 heavy (non-hydrogen) atoms. The molecular weight excluding hydrogens is 337 g/mol. The van der Waals surface area contributed by atoms with Crippen LogP contribution >= 0.6 is 0 Å². The number of halogens is 1. The highest BCUT2D eigenvalue weighted by atomic mass is 19.1. The maximum absolute atomic E-state index is 13.1. The molecule has 0 atom stereocenters. The number of benzene rings is 1. The summed E-state index contributed by atoms with van der Waals surface area (Å²) in [6.07, 6.45) is 17.4. The Morgan fingerprint density at radius 3 is 2.33 bits per heavy atom. The topological polar surface area (TPSA) is 33.0 Å². The Balaban J connectivity index is 1.33. The monoisotopic (exact) mass is 367 g/mol. The molecule has 1 aromatic rings. The number of ether oxygens (including phenoxy) is 1. The third-order valence-corrected chi connectivity index (χ3v) is 6.14. The first-order valence-corrected chi connectivity index (χ1v) is 10.3. The summed E-state index contributed by atoms with van der Waals surface area (Å²) in [5.41, 5.74) is 1.28. The van der Waals surface area contributed by atoms with Crippen LogP contribution in [0.4, 0.5) is 4.39 Å². The van der Waals surface area contributed by atoms with Crippen molar-refractivity contribution in [3.05, 3.63) is 60.0 Å². The molecule has 0 N–H and O–H groups in total. The molecule has 2 saturated carbocycles. The third kappa shape index (κ3) is 6.33. The fourth-order valence-electron chi connectivity index (χ4n) is 4.44. The van der Waals surface area contributed by atoms with Crippen molar-refractivity contribution >= 4 is 0 Å². The highest BCUT2D eigenvalue weighted by Gasteiger charge is 2.25. The second-order valence-corrected chi connectivity index (χ2v) is 8.01. The molecule has 2 aliphatic rings. The van der Waals surface area contributed by atoms with Gasteiger partial charge in [-0.1, -0.05) is 30.4 Å². The standard InChI is InChI=1S/C24H30FNO/c25-23-13-11-22(12-14-23)21-9-5-20(6-10-21)18-27-24-15-7-19(8-16-24)4-2-1-3-17-26/h1-4,11-14,19-21,24H,5-10,15-16,18H2. The summed E-state index contributed by atoms with van der Waals surface area (Å²) in [6, 6.07) is 9.05. The van der Waals surface area contributed by atoms with E-state index in [0.29, 0.717) is 23.9 Å². The first-order chi connectivity index (χ1) is 13.2. The summed E-state index contributed by atoms with van der Waals surface area (Å²) in [7, 11) is 0. The average molecular weight is 368 g/mol. The van der Waals surface area contributed by atoms with Crippen molar-refractivity contribution < 1.29 is 9.13 Å². The molecule has 0 unspecified atom stereocenters. The lowest BCUT2D eigenvalue weighted by Gasteiger charge is -2.32. The lowest BCUT2D eigenvalue weighted by molar-refractivity contribution is -0.00456. The van der Waals surface area contributed by atoms with Crippen molar-refractivity contribution in [2.24, 2.45) is 11.8 Å². The largest absolute Gasteiger partial charge is 0.378 e. The van der Waals surface area contributed by atoms with E-state index in [1.165, 1.54) is 50.2 Å². The maximum atomic E-state index is 13.1. The first-order valence-electron chi connectivity index (χ1n) is 10.3. The van der Waals surface area contributed by atoms with Crippen LogP contribution in [-0.4, -0.2) is 12.7 Å². The summed E-state index contributed by atoms with van der Waals surface area (Å²) < 4.78 is 19.3. The van der Waals surface area contributed by atoms with Gasteiger partial charge >= 0.3 is 0 Å². The molecule has 3 heteroatoms. The Morgan fingerprint density at radius 2 is 1.67 bits per heavy atom. The summed E-state index contributed by atoms with van der Waals surface area (Å²) in [5.74, 6) is 1.73. The van der Waals surface area contributed by atoms with E-state index in [0.717, 1.165) is 19.4 Å². The summed E-state index contributed by atoms with van der Waals surface area (Å²) in [5, 5.41) is 8.49. The molecule has 0 heterocycles. The minimum absolute atomic E-state index is 0.148. The van der Waals surface area contributed by atoms with Gasteiger partial charge in [0, 0.05) is 12.7 Å². The normalized spacial score (nSPS) is 29.2. The zero-order chi connectivity index (χ0) is 18.9. The van der Waals surface area contributed by atoms with Crippen LogP contribution in [0.15, 0.2) is 48.6 Å². The van der Waals surface area contributed by atoms with Gasteiger partial charge < -0.3 is 4.74 Å². The molecule has 2 fully saturated rings. The van der Waals surface area contributed by atoms with Crippen LogP contribution < -0.4 is 0 Å². The smallest absolute Gasteiger partial charge is 0.123 e. The average Bonchev–Trinajstić information content (AvgIpc) is 2.72. The number of allylic oxidation sites excluding steroid dienone is 4. The summed E-state index contributed by atoms with van der Waals surface area (Å²) >= 11 is 0. The van der Waals surface area contributed by atoms with Gasteiger partial charge in [-0.05, 0) is 86.8 Å². The van der Waals surface area contributed by atoms with E-state index in [4.69, 9.17) is 10.00 Å². The van der Waals surface area contributed by atoms with Gasteiger partial charge in [0.25, 0.3) is 0 Å². The molecule has 1 aromatic carbocycles. The van der Waals surface area contributed by atoms with Crippen molar-refractivity contribution in [1.29, 1.82) is 5.26 Å². The lowest BCUT2D eigenvalue weighted by Crippen LogP contribution is -2.25. The number of nitrogens with zero attached hydrogens (tertiary/aromatic N) is 1. The quantitative estimate of drug-likeness (QED) is 0.436. The molecule has 0 amide bonds. The van der Waals surface area contributed by atoms with E-state index in [9.17, 15) is 4.39 Å². The zero-order valence-corrected chi connectivity index (χ0v) is 16.0. The zero-order valence-electron chi connectivity index (χ0n) is 16.0. The third-order valence-electron chi connectivity index (χ3n) is 6.14. The minimum atomic E-state index is -0.148. The highest BCUT2D eigenvalue weighted by molar-refractivity contribution is 5.20. The first kappa shape index (κ1) is 19.8. The van der Waals surface area contributed by atoms with Gasteiger partial charge in [0.2, 0.25) is 0 Å². The van der Waals surface area contributed by atoms with Crippen LogP contribution in [0.1, 0.15) is 62.8 Å². The van der Waals surface area contributed by atoms with Crippen LogP contribution in [0.5, 0.6) is 0 Å². The Hall–Kier alpha value is -1.92. The van der Waals surface area contributed by atoms with Gasteiger partial charge in [0.15, 0.2) is 0 Å². The second kappa shape index (κ2) is 10.4. The minimum Gasteiger partial charge on any atom is -0.378 e. The van der Waals surface area contributed by atoms with Gasteiger partial charge in [-0.15, -0.1) is 0 Å². The molecule has 0 radical (unpaired) electrons. The van der Waals surface area contributed by atoms with Crippen molar-refractivity contribution in [3.63, 3.8) is 0 Å². The van der Waals surface area contributed by atoms with Crippen LogP contribution in [0.2, 0.25) is 0 Å². The van der Waals surface area contributed by atoms with Crippen molar-refractivity contribution in [1.82, 2.24) is 0 Å². The van der Waals surface area contributed by atoms with Crippen molar-refractivity contribution in [2.75, 3.05) is 6.61 Å². The molecule has 2 aliphatic carbocycles. The molecule has 0 saturated heterocycles. The Labute approximate surface area is 162 Å². The van der Waals surface area contributed by atoms with E-state index in [2.05, 4.69) is 6.08 Å². The van der Waals surface area contributed by atoms with Crippen LogP contribution in [0, 0.1) is 29.0 Å².